The molecule has 27 heavy (non-hydrogen) atoms. The number of hydrogen-bond acceptors (Lipinski definition) is 5. The zero-order valence-electron chi connectivity index (χ0n) is 15.7. The van der Waals surface area contributed by atoms with Crippen LogP contribution in [0, 0.1) is 17.7 Å². The Labute approximate surface area is 158 Å². The molecule has 1 aliphatic rings. The molecule has 0 radical (unpaired) electrons. The lowest BCUT2D eigenvalue weighted by Gasteiger charge is -2.36. The standard InChI is InChI=1S/C21H24FN5/c1-13-5-14(2)12-27(11-13)21-7-16(22)6-20(26-21)18-4-3-15-10-24-17(9-23)8-19(15)25-18/h3-4,6-8,10,13-14H,5,9,11-12,23H2,1-2H3. The SMILES string of the molecule is CC1CC(C)CN(c2cc(F)cc(-c3ccc4cnc(CN)cc4n3)n2)C1. The number of anilines is 1. The van der Waals surface area contributed by atoms with Crippen molar-refractivity contribution in [2.45, 2.75) is 26.8 Å². The molecule has 5 nitrogen and oxygen atoms in total. The molecule has 0 saturated carbocycles. The van der Waals surface area contributed by atoms with Gasteiger partial charge in [-0.05, 0) is 36.5 Å². The third-order valence-corrected chi connectivity index (χ3v) is 5.07. The molecule has 1 saturated heterocycles. The fourth-order valence-electron chi connectivity index (χ4n) is 3.94. The minimum Gasteiger partial charge on any atom is -0.356 e. The molecular weight excluding hydrogens is 341 g/mol. The van der Waals surface area contributed by atoms with Crippen LogP contribution in [0.1, 0.15) is 26.0 Å². The van der Waals surface area contributed by atoms with E-state index < -0.39 is 0 Å². The van der Waals surface area contributed by atoms with Crippen molar-refractivity contribution in [1.82, 2.24) is 15.0 Å². The van der Waals surface area contributed by atoms with Crippen molar-refractivity contribution in [3.05, 3.63) is 48.0 Å². The van der Waals surface area contributed by atoms with Crippen LogP contribution >= 0.6 is 0 Å². The van der Waals surface area contributed by atoms with Crippen molar-refractivity contribution >= 4 is 16.7 Å². The summed E-state index contributed by atoms with van der Waals surface area (Å²) in [5, 5.41) is 0.922. The van der Waals surface area contributed by atoms with Gasteiger partial charge in [-0.15, -0.1) is 0 Å². The molecule has 0 aliphatic carbocycles. The zero-order chi connectivity index (χ0) is 19.0. The minimum absolute atomic E-state index is 0.292. The first-order chi connectivity index (χ1) is 13.0. The number of pyridine rings is 3. The number of aromatic nitrogens is 3. The topological polar surface area (TPSA) is 67.9 Å². The Morgan fingerprint density at radius 3 is 2.59 bits per heavy atom. The van der Waals surface area contributed by atoms with E-state index in [9.17, 15) is 4.39 Å². The van der Waals surface area contributed by atoms with E-state index in [0.29, 0.717) is 35.6 Å². The zero-order valence-corrected chi connectivity index (χ0v) is 15.7. The maximum atomic E-state index is 14.4. The predicted molar refractivity (Wildman–Crippen MR) is 106 cm³/mol. The van der Waals surface area contributed by atoms with Gasteiger partial charge in [0.1, 0.15) is 11.6 Å². The molecule has 0 aromatic carbocycles. The Hall–Kier alpha value is -2.60. The van der Waals surface area contributed by atoms with Crippen molar-refractivity contribution in [2.75, 3.05) is 18.0 Å². The second kappa shape index (κ2) is 7.19. The second-order valence-electron chi connectivity index (χ2n) is 7.65. The van der Waals surface area contributed by atoms with Crippen LogP contribution in [0.5, 0.6) is 0 Å². The molecule has 140 valence electrons. The molecule has 4 rings (SSSR count). The lowest BCUT2D eigenvalue weighted by atomic mass is 9.92. The average Bonchev–Trinajstić information content (AvgIpc) is 2.65. The molecule has 6 heteroatoms. The van der Waals surface area contributed by atoms with E-state index >= 15 is 0 Å². The quantitative estimate of drug-likeness (QED) is 0.765. The molecule has 3 aromatic heterocycles. The molecule has 4 heterocycles. The first-order valence-corrected chi connectivity index (χ1v) is 9.40. The summed E-state index contributed by atoms with van der Waals surface area (Å²) >= 11 is 0. The highest BCUT2D eigenvalue weighted by atomic mass is 19.1. The van der Waals surface area contributed by atoms with Crippen molar-refractivity contribution < 1.29 is 4.39 Å². The third-order valence-electron chi connectivity index (χ3n) is 5.07. The molecule has 3 aromatic rings. The summed E-state index contributed by atoms with van der Waals surface area (Å²) in [4.78, 5) is 15.9. The van der Waals surface area contributed by atoms with Gasteiger partial charge in [0.2, 0.25) is 0 Å². The second-order valence-corrected chi connectivity index (χ2v) is 7.65. The van der Waals surface area contributed by atoms with Crippen LogP contribution in [-0.4, -0.2) is 28.0 Å². The summed E-state index contributed by atoms with van der Waals surface area (Å²) < 4.78 is 14.4. The fourth-order valence-corrected chi connectivity index (χ4v) is 3.94. The largest absolute Gasteiger partial charge is 0.356 e. The maximum absolute atomic E-state index is 14.4. The van der Waals surface area contributed by atoms with Gasteiger partial charge in [-0.3, -0.25) is 4.98 Å². The van der Waals surface area contributed by atoms with Gasteiger partial charge in [0.25, 0.3) is 0 Å². The van der Waals surface area contributed by atoms with Gasteiger partial charge in [0.15, 0.2) is 0 Å². The fraction of sp³-hybridized carbons (Fsp3) is 0.381. The van der Waals surface area contributed by atoms with Gasteiger partial charge in [-0.25, -0.2) is 14.4 Å². The summed E-state index contributed by atoms with van der Waals surface area (Å²) in [6.07, 6.45) is 2.96. The first kappa shape index (κ1) is 17.8. The molecule has 0 bridgehead atoms. The van der Waals surface area contributed by atoms with Gasteiger partial charge in [0.05, 0.1) is 22.6 Å². The summed E-state index contributed by atoms with van der Waals surface area (Å²) in [5.41, 5.74) is 8.43. The van der Waals surface area contributed by atoms with Crippen LogP contribution in [0.15, 0.2) is 36.5 Å². The predicted octanol–water partition coefficient (Wildman–Crippen LogP) is 3.77. The Morgan fingerprint density at radius 1 is 1.07 bits per heavy atom. The van der Waals surface area contributed by atoms with E-state index in [-0.39, 0.29) is 5.82 Å². The Bertz CT molecular complexity index is 964. The molecule has 0 spiro atoms. The lowest BCUT2D eigenvalue weighted by Crippen LogP contribution is -2.39. The number of hydrogen-bond donors (Lipinski definition) is 1. The number of nitrogens with two attached hydrogens (primary N) is 1. The molecular formula is C21H24FN5. The van der Waals surface area contributed by atoms with Crippen LogP contribution in [-0.2, 0) is 6.54 Å². The highest BCUT2D eigenvalue weighted by molar-refractivity contribution is 5.80. The van der Waals surface area contributed by atoms with Crippen molar-refractivity contribution in [2.24, 2.45) is 17.6 Å². The van der Waals surface area contributed by atoms with Gasteiger partial charge < -0.3 is 10.6 Å². The highest BCUT2D eigenvalue weighted by Crippen LogP contribution is 2.28. The van der Waals surface area contributed by atoms with E-state index in [1.54, 1.807) is 6.20 Å². The Balaban J connectivity index is 1.73. The van der Waals surface area contributed by atoms with Crippen LogP contribution in [0.25, 0.3) is 22.3 Å². The molecule has 1 aliphatic heterocycles. The number of halogens is 1. The molecule has 0 amide bonds. The van der Waals surface area contributed by atoms with E-state index in [1.165, 1.54) is 18.6 Å². The molecule has 2 N–H and O–H groups in total. The summed E-state index contributed by atoms with van der Waals surface area (Å²) in [6.45, 7) is 6.62. The van der Waals surface area contributed by atoms with E-state index in [0.717, 1.165) is 29.7 Å². The number of nitrogens with zero attached hydrogens (tertiary/aromatic N) is 4. The van der Waals surface area contributed by atoms with Crippen LogP contribution in [0.3, 0.4) is 0 Å². The highest BCUT2D eigenvalue weighted by Gasteiger charge is 2.23. The van der Waals surface area contributed by atoms with Gasteiger partial charge >= 0.3 is 0 Å². The molecule has 2 atom stereocenters. The summed E-state index contributed by atoms with van der Waals surface area (Å²) in [6, 6.07) is 8.62. The normalized spacial score (nSPS) is 20.2. The molecule has 2 unspecified atom stereocenters. The van der Waals surface area contributed by atoms with Crippen LogP contribution in [0.2, 0.25) is 0 Å². The van der Waals surface area contributed by atoms with Crippen LogP contribution in [0.4, 0.5) is 10.2 Å². The van der Waals surface area contributed by atoms with E-state index in [1.807, 2.05) is 18.2 Å². The number of fused-ring (bicyclic) bond motifs is 1. The smallest absolute Gasteiger partial charge is 0.132 e. The number of piperidine rings is 1. The lowest BCUT2D eigenvalue weighted by molar-refractivity contribution is 0.355. The van der Waals surface area contributed by atoms with E-state index in [2.05, 4.69) is 28.7 Å². The maximum Gasteiger partial charge on any atom is 0.132 e. The van der Waals surface area contributed by atoms with Crippen molar-refractivity contribution in [1.29, 1.82) is 0 Å². The monoisotopic (exact) mass is 365 g/mol. The minimum atomic E-state index is -0.292. The summed E-state index contributed by atoms with van der Waals surface area (Å²) in [5.74, 6) is 1.54. The first-order valence-electron chi connectivity index (χ1n) is 9.40. The van der Waals surface area contributed by atoms with Crippen molar-refractivity contribution in [3.8, 4) is 11.4 Å². The number of rotatable bonds is 3. The molecule has 1 fully saturated rings. The van der Waals surface area contributed by atoms with E-state index in [4.69, 9.17) is 10.7 Å². The van der Waals surface area contributed by atoms with Gasteiger partial charge in [0, 0.05) is 43.4 Å². The van der Waals surface area contributed by atoms with Gasteiger partial charge in [-0.2, -0.15) is 0 Å². The van der Waals surface area contributed by atoms with Gasteiger partial charge in [-0.1, -0.05) is 13.8 Å². The third kappa shape index (κ3) is 3.76. The Kier molecular flexibility index (Phi) is 4.74. The van der Waals surface area contributed by atoms with Crippen molar-refractivity contribution in [3.63, 3.8) is 0 Å². The van der Waals surface area contributed by atoms with Crippen LogP contribution < -0.4 is 10.6 Å². The Morgan fingerprint density at radius 2 is 1.85 bits per heavy atom. The average molecular weight is 365 g/mol. The summed E-state index contributed by atoms with van der Waals surface area (Å²) in [7, 11) is 0.